The summed E-state index contributed by atoms with van der Waals surface area (Å²) >= 11 is 0. The molecule has 0 N–H and O–H groups in total. The van der Waals surface area contributed by atoms with E-state index in [1.807, 2.05) is 0 Å². The Balaban J connectivity index is 2.59. The van der Waals surface area contributed by atoms with E-state index >= 15 is 0 Å². The van der Waals surface area contributed by atoms with Crippen molar-refractivity contribution >= 4 is 0 Å². The van der Waals surface area contributed by atoms with Crippen LogP contribution >= 0.6 is 0 Å². The van der Waals surface area contributed by atoms with Gasteiger partial charge in [-0.05, 0) is 6.54 Å². The van der Waals surface area contributed by atoms with Crippen LogP contribution in [0, 0.1) is 0 Å². The molecule has 0 aromatic rings. The molecular formula is C7H12F3NO. The maximum Gasteiger partial charge on any atom is 0.406 e. The summed E-state index contributed by atoms with van der Waals surface area (Å²) in [6.45, 7) is 2.70. The average molecular weight is 183 g/mol. The van der Waals surface area contributed by atoms with Gasteiger partial charge in [0, 0.05) is 6.54 Å². The first kappa shape index (κ1) is 9.80. The molecule has 1 heterocycles. The van der Waals surface area contributed by atoms with Crippen LogP contribution in [0.4, 0.5) is 13.2 Å². The highest BCUT2D eigenvalue weighted by molar-refractivity contribution is 4.80. The van der Waals surface area contributed by atoms with E-state index in [4.69, 9.17) is 4.74 Å². The molecule has 1 aliphatic heterocycles. The molecule has 1 aliphatic rings. The van der Waals surface area contributed by atoms with Gasteiger partial charge in [-0.1, -0.05) is 6.92 Å². The molecule has 1 atom stereocenters. The number of hydrogen-bond donors (Lipinski definition) is 0. The Kier molecular flexibility index (Phi) is 2.95. The van der Waals surface area contributed by atoms with E-state index in [2.05, 4.69) is 0 Å². The third kappa shape index (κ3) is 2.10. The Morgan fingerprint density at radius 1 is 1.50 bits per heavy atom. The molecule has 2 nitrogen and oxygen atoms in total. The van der Waals surface area contributed by atoms with Crippen molar-refractivity contribution in [3.8, 4) is 0 Å². The summed E-state index contributed by atoms with van der Waals surface area (Å²) < 4.78 is 41.5. The maximum absolute atomic E-state index is 12.3. The number of likely N-dealkylation sites (N-methyl/N-ethyl adjacent to an activating group) is 1. The van der Waals surface area contributed by atoms with Gasteiger partial charge >= 0.3 is 6.18 Å². The standard InChI is InChI=1S/C7H12F3NO/c1-2-11-3-4-12-5-6(11)7(8,9)10/h6H,2-5H2,1H3/t6-/m1/s1. The van der Waals surface area contributed by atoms with Crippen LogP contribution in [0.2, 0.25) is 0 Å². The predicted octanol–water partition coefficient (Wildman–Crippen LogP) is 1.27. The van der Waals surface area contributed by atoms with Crippen LogP contribution in [0.25, 0.3) is 0 Å². The van der Waals surface area contributed by atoms with Crippen molar-refractivity contribution in [3.05, 3.63) is 0 Å². The van der Waals surface area contributed by atoms with Crippen molar-refractivity contribution in [1.29, 1.82) is 0 Å². The van der Waals surface area contributed by atoms with Crippen molar-refractivity contribution in [2.75, 3.05) is 26.3 Å². The fourth-order valence-corrected chi connectivity index (χ4v) is 1.32. The minimum atomic E-state index is -4.16. The van der Waals surface area contributed by atoms with Crippen LogP contribution in [-0.4, -0.2) is 43.4 Å². The van der Waals surface area contributed by atoms with E-state index in [0.29, 0.717) is 19.7 Å². The molecule has 0 amide bonds. The molecule has 5 heteroatoms. The minimum absolute atomic E-state index is 0.225. The van der Waals surface area contributed by atoms with E-state index in [-0.39, 0.29) is 6.61 Å². The Morgan fingerprint density at radius 3 is 2.58 bits per heavy atom. The molecule has 0 spiro atoms. The van der Waals surface area contributed by atoms with Crippen molar-refractivity contribution in [2.45, 2.75) is 19.1 Å². The Labute approximate surface area is 69.3 Å². The second-order valence-corrected chi connectivity index (χ2v) is 2.76. The van der Waals surface area contributed by atoms with Crippen LogP contribution in [0.15, 0.2) is 0 Å². The van der Waals surface area contributed by atoms with Crippen molar-refractivity contribution in [3.63, 3.8) is 0 Å². The van der Waals surface area contributed by atoms with E-state index < -0.39 is 12.2 Å². The highest BCUT2D eigenvalue weighted by atomic mass is 19.4. The SMILES string of the molecule is CCN1CCOC[C@@H]1C(F)(F)F. The zero-order chi connectivity index (χ0) is 9.19. The number of ether oxygens (including phenoxy) is 1. The summed E-state index contributed by atoms with van der Waals surface area (Å²) in [6.07, 6.45) is -4.16. The molecule has 1 saturated heterocycles. The molecular weight excluding hydrogens is 171 g/mol. The first-order valence-corrected chi connectivity index (χ1v) is 3.94. The highest BCUT2D eigenvalue weighted by Crippen LogP contribution is 2.26. The topological polar surface area (TPSA) is 12.5 Å². The fraction of sp³-hybridized carbons (Fsp3) is 1.00. The summed E-state index contributed by atoms with van der Waals surface area (Å²) in [7, 11) is 0. The molecule has 1 rings (SSSR count). The van der Waals surface area contributed by atoms with Gasteiger partial charge in [0.25, 0.3) is 0 Å². The third-order valence-corrected chi connectivity index (χ3v) is 2.02. The average Bonchev–Trinajstić information content (AvgIpc) is 2.03. The quantitative estimate of drug-likeness (QED) is 0.607. The summed E-state index contributed by atoms with van der Waals surface area (Å²) in [5, 5.41) is 0. The molecule has 0 unspecified atom stereocenters. The summed E-state index contributed by atoms with van der Waals surface area (Å²) in [5.74, 6) is 0. The second kappa shape index (κ2) is 3.62. The predicted molar refractivity (Wildman–Crippen MR) is 37.9 cm³/mol. The number of nitrogens with zero attached hydrogens (tertiary/aromatic N) is 1. The molecule has 72 valence electrons. The Bertz CT molecular complexity index is 148. The summed E-state index contributed by atoms with van der Waals surface area (Å²) in [4.78, 5) is 1.39. The minimum Gasteiger partial charge on any atom is -0.378 e. The molecule has 0 aliphatic carbocycles. The van der Waals surface area contributed by atoms with E-state index in [9.17, 15) is 13.2 Å². The van der Waals surface area contributed by atoms with Gasteiger partial charge < -0.3 is 4.74 Å². The highest BCUT2D eigenvalue weighted by Gasteiger charge is 2.44. The van der Waals surface area contributed by atoms with Gasteiger partial charge in [0.15, 0.2) is 0 Å². The zero-order valence-corrected chi connectivity index (χ0v) is 6.90. The van der Waals surface area contributed by atoms with Crippen LogP contribution in [0.5, 0.6) is 0 Å². The molecule has 1 fully saturated rings. The molecule has 0 radical (unpaired) electrons. The lowest BCUT2D eigenvalue weighted by atomic mass is 10.2. The second-order valence-electron chi connectivity index (χ2n) is 2.76. The van der Waals surface area contributed by atoms with Gasteiger partial charge in [-0.15, -0.1) is 0 Å². The summed E-state index contributed by atoms with van der Waals surface area (Å²) in [6, 6.07) is -1.41. The Morgan fingerprint density at radius 2 is 2.17 bits per heavy atom. The normalized spacial score (nSPS) is 27.5. The maximum atomic E-state index is 12.3. The number of morpholine rings is 1. The molecule has 0 aromatic carbocycles. The van der Waals surface area contributed by atoms with Crippen molar-refractivity contribution in [1.82, 2.24) is 4.90 Å². The molecule has 12 heavy (non-hydrogen) atoms. The van der Waals surface area contributed by atoms with E-state index in [1.54, 1.807) is 6.92 Å². The van der Waals surface area contributed by atoms with Crippen molar-refractivity contribution in [2.24, 2.45) is 0 Å². The molecule has 0 bridgehead atoms. The largest absolute Gasteiger partial charge is 0.406 e. The van der Waals surface area contributed by atoms with Gasteiger partial charge in [-0.2, -0.15) is 13.2 Å². The van der Waals surface area contributed by atoms with Gasteiger partial charge in [0.1, 0.15) is 6.04 Å². The molecule has 0 saturated carbocycles. The number of rotatable bonds is 1. The monoisotopic (exact) mass is 183 g/mol. The van der Waals surface area contributed by atoms with E-state index in [0.717, 1.165) is 0 Å². The summed E-state index contributed by atoms with van der Waals surface area (Å²) in [5.41, 5.74) is 0. The number of hydrogen-bond acceptors (Lipinski definition) is 2. The van der Waals surface area contributed by atoms with Gasteiger partial charge in [-0.3, -0.25) is 4.90 Å². The Hall–Kier alpha value is -0.290. The first-order valence-electron chi connectivity index (χ1n) is 3.94. The van der Waals surface area contributed by atoms with E-state index in [1.165, 1.54) is 4.90 Å². The number of alkyl halides is 3. The van der Waals surface area contributed by atoms with Gasteiger partial charge in [0.05, 0.1) is 13.2 Å². The fourth-order valence-electron chi connectivity index (χ4n) is 1.32. The third-order valence-electron chi connectivity index (χ3n) is 2.02. The van der Waals surface area contributed by atoms with Crippen LogP contribution in [0.1, 0.15) is 6.92 Å². The van der Waals surface area contributed by atoms with Gasteiger partial charge in [0.2, 0.25) is 0 Å². The lowest BCUT2D eigenvalue weighted by Crippen LogP contribution is -2.53. The zero-order valence-electron chi connectivity index (χ0n) is 6.90. The van der Waals surface area contributed by atoms with Crippen LogP contribution < -0.4 is 0 Å². The molecule has 0 aromatic heterocycles. The van der Waals surface area contributed by atoms with Crippen molar-refractivity contribution < 1.29 is 17.9 Å². The number of halogens is 3. The van der Waals surface area contributed by atoms with Gasteiger partial charge in [-0.25, -0.2) is 0 Å². The lowest BCUT2D eigenvalue weighted by molar-refractivity contribution is -0.210. The smallest absolute Gasteiger partial charge is 0.378 e. The van der Waals surface area contributed by atoms with Crippen LogP contribution in [-0.2, 0) is 4.74 Å². The lowest BCUT2D eigenvalue weighted by Gasteiger charge is -2.35. The van der Waals surface area contributed by atoms with Crippen LogP contribution in [0.3, 0.4) is 0 Å². The first-order chi connectivity index (χ1) is 5.55.